The molecule has 1 aromatic rings. The summed E-state index contributed by atoms with van der Waals surface area (Å²) in [7, 11) is 0. The van der Waals surface area contributed by atoms with Crippen molar-refractivity contribution in [1.29, 1.82) is 0 Å². The number of nitrogens with zero attached hydrogens (tertiary/aromatic N) is 1. The first kappa shape index (κ1) is 12.0. The number of amides is 1. The zero-order valence-corrected chi connectivity index (χ0v) is 10.4. The molecule has 5 nitrogen and oxygen atoms in total. The second-order valence-corrected chi connectivity index (χ2v) is 5.36. The number of nitrogens with one attached hydrogen (secondary N) is 1. The van der Waals surface area contributed by atoms with Crippen LogP contribution in [0.2, 0.25) is 0 Å². The third kappa shape index (κ3) is 3.22. The van der Waals surface area contributed by atoms with E-state index >= 15 is 0 Å². The van der Waals surface area contributed by atoms with E-state index in [4.69, 9.17) is 9.26 Å². The van der Waals surface area contributed by atoms with Gasteiger partial charge in [0.2, 0.25) is 0 Å². The van der Waals surface area contributed by atoms with Crippen molar-refractivity contribution in [2.75, 3.05) is 0 Å². The first-order chi connectivity index (χ1) is 7.94. The molecule has 1 atom stereocenters. The number of aromatic nitrogens is 1. The van der Waals surface area contributed by atoms with Crippen molar-refractivity contribution in [1.82, 2.24) is 10.5 Å². The zero-order chi connectivity index (χ0) is 12.5. The summed E-state index contributed by atoms with van der Waals surface area (Å²) >= 11 is 0. The summed E-state index contributed by atoms with van der Waals surface area (Å²) in [5, 5.41) is 6.63. The maximum Gasteiger partial charge on any atom is 0.407 e. The Morgan fingerprint density at radius 2 is 2.35 bits per heavy atom. The Kier molecular flexibility index (Phi) is 3.09. The zero-order valence-electron chi connectivity index (χ0n) is 10.4. The second-order valence-electron chi connectivity index (χ2n) is 5.36. The number of carbonyl (C=O) groups is 1. The van der Waals surface area contributed by atoms with Gasteiger partial charge in [-0.25, -0.2) is 4.79 Å². The van der Waals surface area contributed by atoms with E-state index in [0.29, 0.717) is 0 Å². The van der Waals surface area contributed by atoms with Crippen molar-refractivity contribution in [3.63, 3.8) is 0 Å². The molecular weight excluding hydrogens is 220 g/mol. The van der Waals surface area contributed by atoms with Crippen molar-refractivity contribution in [3.05, 3.63) is 17.5 Å². The van der Waals surface area contributed by atoms with Crippen LogP contribution < -0.4 is 5.32 Å². The average molecular weight is 238 g/mol. The minimum atomic E-state index is -0.457. The number of carbonyl (C=O) groups excluding carboxylic acids is 1. The van der Waals surface area contributed by atoms with Crippen LogP contribution in [-0.4, -0.2) is 22.9 Å². The standard InChI is InChI=1S/C12H18N2O3/c1-12(2,3)16-11(15)14-9-4-5-10-8(6-9)7-13-17-10/h7,9H,4-6H2,1-3H3,(H,14,15)/t9-/m0/s1. The number of hydrogen-bond acceptors (Lipinski definition) is 4. The number of aryl methyl sites for hydroxylation is 1. The highest BCUT2D eigenvalue weighted by molar-refractivity contribution is 5.68. The molecule has 0 spiro atoms. The van der Waals surface area contributed by atoms with Crippen LogP contribution in [0.25, 0.3) is 0 Å². The molecule has 0 fully saturated rings. The van der Waals surface area contributed by atoms with Gasteiger partial charge in [-0.15, -0.1) is 0 Å². The Morgan fingerprint density at radius 1 is 1.59 bits per heavy atom. The van der Waals surface area contributed by atoms with Gasteiger partial charge in [0, 0.05) is 18.0 Å². The normalized spacial score (nSPS) is 19.6. The van der Waals surface area contributed by atoms with Gasteiger partial charge in [0.1, 0.15) is 11.4 Å². The van der Waals surface area contributed by atoms with E-state index in [-0.39, 0.29) is 12.1 Å². The van der Waals surface area contributed by atoms with Crippen molar-refractivity contribution in [2.45, 2.75) is 51.7 Å². The molecule has 17 heavy (non-hydrogen) atoms. The lowest BCUT2D eigenvalue weighted by Gasteiger charge is -2.25. The summed E-state index contributed by atoms with van der Waals surface area (Å²) in [4.78, 5) is 11.6. The van der Waals surface area contributed by atoms with Gasteiger partial charge in [-0.05, 0) is 33.6 Å². The first-order valence-corrected chi connectivity index (χ1v) is 5.86. The van der Waals surface area contributed by atoms with Gasteiger partial charge in [-0.3, -0.25) is 0 Å². The minimum absolute atomic E-state index is 0.108. The molecule has 0 saturated heterocycles. The molecule has 1 amide bonds. The summed E-state index contributed by atoms with van der Waals surface area (Å²) in [6.07, 6.45) is 3.80. The van der Waals surface area contributed by atoms with Gasteiger partial charge in [0.15, 0.2) is 0 Å². The molecule has 0 aliphatic heterocycles. The van der Waals surface area contributed by atoms with E-state index in [1.54, 1.807) is 6.20 Å². The molecule has 5 heteroatoms. The fourth-order valence-corrected chi connectivity index (χ4v) is 1.93. The Morgan fingerprint density at radius 3 is 3.06 bits per heavy atom. The minimum Gasteiger partial charge on any atom is -0.444 e. The molecule has 0 saturated carbocycles. The van der Waals surface area contributed by atoms with Crippen molar-refractivity contribution >= 4 is 6.09 Å². The van der Waals surface area contributed by atoms with Crippen LogP contribution in [0.4, 0.5) is 4.79 Å². The van der Waals surface area contributed by atoms with Gasteiger partial charge in [-0.1, -0.05) is 5.16 Å². The lowest BCUT2D eigenvalue weighted by Crippen LogP contribution is -2.41. The molecule has 0 unspecified atom stereocenters. The van der Waals surface area contributed by atoms with Crippen LogP contribution in [0.3, 0.4) is 0 Å². The summed E-state index contributed by atoms with van der Waals surface area (Å²) in [6, 6.07) is 0.108. The first-order valence-electron chi connectivity index (χ1n) is 5.86. The number of ether oxygens (including phenoxy) is 1. The second kappa shape index (κ2) is 4.39. The quantitative estimate of drug-likeness (QED) is 0.813. The van der Waals surface area contributed by atoms with Crippen LogP contribution in [0, 0.1) is 0 Å². The summed E-state index contributed by atoms with van der Waals surface area (Å²) in [6.45, 7) is 5.56. The predicted molar refractivity (Wildman–Crippen MR) is 61.7 cm³/mol. The lowest BCUT2D eigenvalue weighted by molar-refractivity contribution is 0.0499. The Balaban J connectivity index is 1.88. The molecule has 1 N–H and O–H groups in total. The number of alkyl carbamates (subject to hydrolysis) is 1. The SMILES string of the molecule is CC(C)(C)OC(=O)N[C@H]1CCc2oncc2C1. The maximum atomic E-state index is 11.6. The van der Waals surface area contributed by atoms with Crippen LogP contribution in [-0.2, 0) is 17.6 Å². The van der Waals surface area contributed by atoms with Crippen LogP contribution in [0.1, 0.15) is 38.5 Å². The van der Waals surface area contributed by atoms with Crippen molar-refractivity contribution in [3.8, 4) is 0 Å². The Labute approximate surface area is 101 Å². The van der Waals surface area contributed by atoms with Crippen LogP contribution in [0.15, 0.2) is 10.7 Å². The number of hydrogen-bond donors (Lipinski definition) is 1. The maximum absolute atomic E-state index is 11.6. The predicted octanol–water partition coefficient (Wildman–Crippen LogP) is 2.06. The highest BCUT2D eigenvalue weighted by Gasteiger charge is 2.25. The Bertz CT molecular complexity index is 406. The molecular formula is C12H18N2O3. The van der Waals surface area contributed by atoms with E-state index in [1.807, 2.05) is 20.8 Å². The van der Waals surface area contributed by atoms with Crippen molar-refractivity contribution in [2.24, 2.45) is 0 Å². The molecule has 1 heterocycles. The molecule has 0 bridgehead atoms. The molecule has 1 aliphatic rings. The van der Waals surface area contributed by atoms with Gasteiger partial charge in [-0.2, -0.15) is 0 Å². The van der Waals surface area contributed by atoms with E-state index in [2.05, 4.69) is 10.5 Å². The topological polar surface area (TPSA) is 64.4 Å². The van der Waals surface area contributed by atoms with E-state index in [1.165, 1.54) is 0 Å². The summed E-state index contributed by atoms with van der Waals surface area (Å²) < 4.78 is 10.3. The fourth-order valence-electron chi connectivity index (χ4n) is 1.93. The molecule has 1 aliphatic carbocycles. The summed E-state index contributed by atoms with van der Waals surface area (Å²) in [5.74, 6) is 0.937. The summed E-state index contributed by atoms with van der Waals surface area (Å²) in [5.41, 5.74) is 0.624. The highest BCUT2D eigenvalue weighted by Crippen LogP contribution is 2.21. The average Bonchev–Trinajstić information content (AvgIpc) is 2.61. The van der Waals surface area contributed by atoms with E-state index in [9.17, 15) is 4.79 Å². The molecule has 1 aromatic heterocycles. The molecule has 2 rings (SSSR count). The third-order valence-corrected chi connectivity index (χ3v) is 2.64. The highest BCUT2D eigenvalue weighted by atomic mass is 16.6. The van der Waals surface area contributed by atoms with Gasteiger partial charge in [0.25, 0.3) is 0 Å². The third-order valence-electron chi connectivity index (χ3n) is 2.64. The molecule has 0 radical (unpaired) electrons. The van der Waals surface area contributed by atoms with E-state index < -0.39 is 5.60 Å². The number of fused-ring (bicyclic) bond motifs is 1. The number of rotatable bonds is 1. The van der Waals surface area contributed by atoms with Crippen molar-refractivity contribution < 1.29 is 14.1 Å². The van der Waals surface area contributed by atoms with Gasteiger partial charge >= 0.3 is 6.09 Å². The van der Waals surface area contributed by atoms with E-state index in [0.717, 1.165) is 30.6 Å². The molecule has 0 aromatic carbocycles. The Hall–Kier alpha value is -1.52. The van der Waals surface area contributed by atoms with Gasteiger partial charge in [0.05, 0.1) is 6.20 Å². The lowest BCUT2D eigenvalue weighted by atomic mass is 9.94. The fraction of sp³-hybridized carbons (Fsp3) is 0.667. The molecule has 94 valence electrons. The van der Waals surface area contributed by atoms with Crippen LogP contribution in [0.5, 0.6) is 0 Å². The van der Waals surface area contributed by atoms with Gasteiger partial charge < -0.3 is 14.6 Å². The smallest absolute Gasteiger partial charge is 0.407 e. The monoisotopic (exact) mass is 238 g/mol. The van der Waals surface area contributed by atoms with Crippen LogP contribution >= 0.6 is 0 Å². The largest absolute Gasteiger partial charge is 0.444 e.